The maximum Gasteiger partial charge on any atom is 0.301 e. The molecule has 0 aliphatic carbocycles. The first kappa shape index (κ1) is 21.5. The summed E-state index contributed by atoms with van der Waals surface area (Å²) >= 11 is 1.19. The predicted molar refractivity (Wildman–Crippen MR) is 127 cm³/mol. The molecule has 5 rings (SSSR count). The minimum Gasteiger partial charge on any atom is -0.507 e. The molecule has 168 valence electrons. The monoisotopic (exact) mass is 470 g/mol. The third-order valence-electron chi connectivity index (χ3n) is 5.27. The molecule has 3 heterocycles. The number of aliphatic hydroxyl groups is 1. The van der Waals surface area contributed by atoms with Crippen molar-refractivity contribution in [3.05, 3.63) is 101 Å². The Kier molecular flexibility index (Phi) is 5.60. The van der Waals surface area contributed by atoms with Gasteiger partial charge in [0.05, 0.1) is 11.6 Å². The van der Waals surface area contributed by atoms with Gasteiger partial charge in [-0.2, -0.15) is 0 Å². The van der Waals surface area contributed by atoms with E-state index in [9.17, 15) is 14.7 Å². The molecule has 2 aromatic heterocycles. The Hall–Kier alpha value is -4.37. The van der Waals surface area contributed by atoms with Crippen molar-refractivity contribution >= 4 is 33.9 Å². The zero-order valence-corrected chi connectivity index (χ0v) is 18.8. The van der Waals surface area contributed by atoms with Gasteiger partial charge in [-0.25, -0.2) is 0 Å². The van der Waals surface area contributed by atoms with Crippen LogP contribution in [0, 0.1) is 6.92 Å². The van der Waals surface area contributed by atoms with Crippen LogP contribution in [-0.2, 0) is 9.59 Å². The molecule has 4 aromatic rings. The molecule has 8 nitrogen and oxygen atoms in total. The largest absolute Gasteiger partial charge is 0.507 e. The second-order valence-electron chi connectivity index (χ2n) is 7.50. The van der Waals surface area contributed by atoms with Crippen LogP contribution in [-0.4, -0.2) is 32.0 Å². The number of ether oxygens (including phenoxy) is 1. The zero-order chi connectivity index (χ0) is 23.7. The lowest BCUT2D eigenvalue weighted by atomic mass is 9.95. The Bertz CT molecular complexity index is 1400. The maximum absolute atomic E-state index is 13.2. The molecular weight excluding hydrogens is 452 g/mol. The number of para-hydroxylation sites is 1. The Balaban J connectivity index is 1.66. The number of nitrogens with zero attached hydrogens (tertiary/aromatic N) is 4. The predicted octanol–water partition coefficient (Wildman–Crippen LogP) is 4.66. The molecule has 1 N–H and O–H groups in total. The van der Waals surface area contributed by atoms with Gasteiger partial charge in [-0.1, -0.05) is 41.7 Å². The molecular formula is C25H18N4O4S. The van der Waals surface area contributed by atoms with E-state index in [2.05, 4.69) is 15.2 Å². The number of carbonyl (C=O) groups excluding carboxylic acids is 2. The van der Waals surface area contributed by atoms with Crippen LogP contribution < -0.4 is 9.64 Å². The highest BCUT2D eigenvalue weighted by Crippen LogP contribution is 2.43. The normalized spacial score (nSPS) is 17.2. The van der Waals surface area contributed by atoms with Crippen LogP contribution >= 0.6 is 11.3 Å². The molecule has 1 aliphatic heterocycles. The number of Topliss-reactive ketones (excluding diaryl/α,β-unsaturated/α-hetero) is 1. The van der Waals surface area contributed by atoms with E-state index in [-0.39, 0.29) is 16.5 Å². The summed E-state index contributed by atoms with van der Waals surface area (Å²) in [5.41, 5.74) is 0.917. The lowest BCUT2D eigenvalue weighted by Crippen LogP contribution is -2.29. The van der Waals surface area contributed by atoms with E-state index in [4.69, 9.17) is 4.74 Å². The molecule has 1 atom stereocenters. The Morgan fingerprint density at radius 2 is 1.71 bits per heavy atom. The quantitative estimate of drug-likeness (QED) is 0.257. The number of aromatic nitrogens is 3. The van der Waals surface area contributed by atoms with Crippen molar-refractivity contribution in [2.24, 2.45) is 0 Å². The number of rotatable bonds is 5. The number of anilines is 1. The van der Waals surface area contributed by atoms with Crippen LogP contribution in [0.2, 0.25) is 0 Å². The van der Waals surface area contributed by atoms with Crippen molar-refractivity contribution in [3.8, 4) is 11.5 Å². The first-order chi connectivity index (χ1) is 16.5. The third kappa shape index (κ3) is 3.93. The molecule has 2 aromatic carbocycles. The first-order valence-electron chi connectivity index (χ1n) is 10.4. The van der Waals surface area contributed by atoms with Crippen molar-refractivity contribution in [1.29, 1.82) is 0 Å². The molecule has 1 saturated heterocycles. The summed E-state index contributed by atoms with van der Waals surface area (Å²) < 4.78 is 5.96. The molecule has 1 fully saturated rings. The fraction of sp³-hybridized carbons (Fsp3) is 0.0800. The van der Waals surface area contributed by atoms with Crippen molar-refractivity contribution in [3.63, 3.8) is 0 Å². The molecule has 1 unspecified atom stereocenters. The Morgan fingerprint density at radius 1 is 0.971 bits per heavy atom. The van der Waals surface area contributed by atoms with Crippen molar-refractivity contribution in [2.45, 2.75) is 13.0 Å². The Labute approximate surface area is 198 Å². The van der Waals surface area contributed by atoms with Crippen LogP contribution in [0.25, 0.3) is 5.76 Å². The summed E-state index contributed by atoms with van der Waals surface area (Å²) in [6.45, 7) is 1.76. The van der Waals surface area contributed by atoms with Crippen molar-refractivity contribution in [1.82, 2.24) is 15.2 Å². The average molecular weight is 471 g/mol. The van der Waals surface area contributed by atoms with Crippen LogP contribution in [0.5, 0.6) is 11.5 Å². The summed E-state index contributed by atoms with van der Waals surface area (Å²) in [6, 6.07) is 18.6. The zero-order valence-electron chi connectivity index (χ0n) is 18.0. The summed E-state index contributed by atoms with van der Waals surface area (Å²) in [6.07, 6.45) is 3.01. The molecule has 1 amide bonds. The number of amides is 1. The smallest absolute Gasteiger partial charge is 0.301 e. The van der Waals surface area contributed by atoms with Gasteiger partial charge in [0.1, 0.15) is 22.3 Å². The average Bonchev–Trinajstić information content (AvgIpc) is 3.40. The lowest BCUT2D eigenvalue weighted by molar-refractivity contribution is -0.132. The van der Waals surface area contributed by atoms with Gasteiger partial charge in [-0.15, -0.1) is 10.2 Å². The minimum atomic E-state index is -0.917. The van der Waals surface area contributed by atoms with E-state index in [1.54, 1.807) is 43.3 Å². The number of carbonyl (C=O) groups is 2. The molecule has 1 aliphatic rings. The van der Waals surface area contributed by atoms with E-state index in [1.807, 2.05) is 30.3 Å². The lowest BCUT2D eigenvalue weighted by Gasteiger charge is -2.23. The topological polar surface area (TPSA) is 106 Å². The van der Waals surface area contributed by atoms with Crippen LogP contribution in [0.1, 0.15) is 22.2 Å². The van der Waals surface area contributed by atoms with E-state index < -0.39 is 17.7 Å². The van der Waals surface area contributed by atoms with Gasteiger partial charge in [0.25, 0.3) is 5.78 Å². The van der Waals surface area contributed by atoms with E-state index in [1.165, 1.54) is 28.6 Å². The minimum absolute atomic E-state index is 0.0408. The number of aryl methyl sites for hydroxylation is 1. The fourth-order valence-corrected chi connectivity index (χ4v) is 4.48. The molecule has 0 bridgehead atoms. The fourth-order valence-electron chi connectivity index (χ4n) is 3.77. The number of benzene rings is 2. The number of hydrogen-bond donors (Lipinski definition) is 1. The van der Waals surface area contributed by atoms with Gasteiger partial charge in [-0.3, -0.25) is 19.5 Å². The first-order valence-corrected chi connectivity index (χ1v) is 11.2. The number of ketones is 1. The highest BCUT2D eigenvalue weighted by Gasteiger charge is 2.48. The summed E-state index contributed by atoms with van der Waals surface area (Å²) in [5.74, 6) is -0.714. The Morgan fingerprint density at radius 3 is 2.41 bits per heavy atom. The molecule has 0 spiro atoms. The molecule has 0 radical (unpaired) electrons. The standard InChI is InChI=1S/C25H18N4O4S/c1-15-27-28-25(34-15)29-21(17-6-5-9-19(14-17)33-18-7-3-2-4-8-18)20(23(31)24(29)32)22(30)16-10-12-26-13-11-16/h2-14,21,30H,1H3. The summed E-state index contributed by atoms with van der Waals surface area (Å²) in [7, 11) is 0. The van der Waals surface area contributed by atoms with Gasteiger partial charge in [-0.05, 0) is 48.9 Å². The SMILES string of the molecule is Cc1nnc(N2C(=O)C(=O)C(=C(O)c3ccncc3)C2c2cccc(Oc3ccccc3)c2)s1. The highest BCUT2D eigenvalue weighted by atomic mass is 32.1. The molecule has 0 saturated carbocycles. The number of hydrogen-bond acceptors (Lipinski definition) is 8. The van der Waals surface area contributed by atoms with Gasteiger partial charge in [0.2, 0.25) is 5.13 Å². The van der Waals surface area contributed by atoms with E-state index in [0.717, 1.165) is 0 Å². The van der Waals surface area contributed by atoms with Gasteiger partial charge in [0.15, 0.2) is 0 Å². The second kappa shape index (κ2) is 8.87. The van der Waals surface area contributed by atoms with Gasteiger partial charge in [0, 0.05) is 18.0 Å². The van der Waals surface area contributed by atoms with Crippen LogP contribution in [0.4, 0.5) is 5.13 Å². The number of aliphatic hydroxyl groups excluding tert-OH is 1. The van der Waals surface area contributed by atoms with Gasteiger partial charge < -0.3 is 9.84 Å². The second-order valence-corrected chi connectivity index (χ2v) is 8.66. The number of pyridine rings is 1. The third-order valence-corrected chi connectivity index (χ3v) is 6.11. The van der Waals surface area contributed by atoms with Crippen molar-refractivity contribution in [2.75, 3.05) is 4.90 Å². The highest BCUT2D eigenvalue weighted by molar-refractivity contribution is 7.15. The van der Waals surface area contributed by atoms with Crippen LogP contribution in [0.3, 0.4) is 0 Å². The summed E-state index contributed by atoms with van der Waals surface area (Å²) in [5, 5.41) is 20.1. The van der Waals surface area contributed by atoms with Crippen LogP contribution in [0.15, 0.2) is 84.7 Å². The van der Waals surface area contributed by atoms with E-state index in [0.29, 0.717) is 27.6 Å². The van der Waals surface area contributed by atoms with E-state index >= 15 is 0 Å². The molecule has 9 heteroatoms. The maximum atomic E-state index is 13.2. The van der Waals surface area contributed by atoms with Crippen molar-refractivity contribution < 1.29 is 19.4 Å². The molecule has 34 heavy (non-hydrogen) atoms. The van der Waals surface area contributed by atoms with Gasteiger partial charge >= 0.3 is 5.91 Å². The summed E-state index contributed by atoms with van der Waals surface area (Å²) in [4.78, 5) is 31.6.